The Bertz CT molecular complexity index is 1040. The van der Waals surface area contributed by atoms with E-state index in [1.54, 1.807) is 42.5 Å². The number of benzene rings is 2. The molecule has 0 saturated carbocycles. The number of nitro groups is 1. The Morgan fingerprint density at radius 2 is 1.73 bits per heavy atom. The first kappa shape index (κ1) is 20.8. The van der Waals surface area contributed by atoms with Gasteiger partial charge >= 0.3 is 5.97 Å². The van der Waals surface area contributed by atoms with Crippen LogP contribution in [-0.4, -0.2) is 23.4 Å². The number of hydrogen-bond acceptors (Lipinski definition) is 6. The SMILES string of the molecule is CCCCOC(=O)c1ccc(NC(=O)c2ccc(-c3ccc([N+](=O)[O-])cc3)o2)cc1. The molecule has 1 heterocycles. The number of nitro benzene ring substituents is 1. The molecule has 1 aromatic heterocycles. The van der Waals surface area contributed by atoms with Gasteiger partial charge in [0.05, 0.1) is 17.1 Å². The molecule has 154 valence electrons. The molecular weight excluding hydrogens is 388 g/mol. The van der Waals surface area contributed by atoms with Crippen LogP contribution in [0.3, 0.4) is 0 Å². The number of carbonyl (C=O) groups excluding carboxylic acids is 2. The van der Waals surface area contributed by atoms with Crippen LogP contribution >= 0.6 is 0 Å². The molecule has 2 aromatic carbocycles. The van der Waals surface area contributed by atoms with Crippen LogP contribution in [0.4, 0.5) is 11.4 Å². The van der Waals surface area contributed by atoms with Crippen molar-refractivity contribution in [2.45, 2.75) is 19.8 Å². The first-order valence-electron chi connectivity index (χ1n) is 9.41. The molecule has 0 bridgehead atoms. The number of non-ortho nitro benzene ring substituents is 1. The lowest BCUT2D eigenvalue weighted by molar-refractivity contribution is -0.384. The normalized spacial score (nSPS) is 10.4. The molecule has 8 heteroatoms. The summed E-state index contributed by atoms with van der Waals surface area (Å²) in [7, 11) is 0. The summed E-state index contributed by atoms with van der Waals surface area (Å²) in [4.78, 5) is 34.6. The van der Waals surface area contributed by atoms with Crippen molar-refractivity contribution < 1.29 is 23.7 Å². The van der Waals surface area contributed by atoms with E-state index < -0.39 is 16.8 Å². The van der Waals surface area contributed by atoms with Crippen LogP contribution in [0.5, 0.6) is 0 Å². The smallest absolute Gasteiger partial charge is 0.338 e. The predicted molar refractivity (Wildman–Crippen MR) is 110 cm³/mol. The van der Waals surface area contributed by atoms with E-state index in [-0.39, 0.29) is 11.4 Å². The van der Waals surface area contributed by atoms with Gasteiger partial charge in [-0.2, -0.15) is 0 Å². The number of amides is 1. The molecule has 0 aliphatic carbocycles. The minimum atomic E-state index is -0.485. The topological polar surface area (TPSA) is 112 Å². The molecule has 0 saturated heterocycles. The molecule has 3 rings (SSSR count). The van der Waals surface area contributed by atoms with Crippen LogP contribution in [0.1, 0.15) is 40.7 Å². The van der Waals surface area contributed by atoms with Gasteiger partial charge in [0.2, 0.25) is 0 Å². The monoisotopic (exact) mass is 408 g/mol. The maximum Gasteiger partial charge on any atom is 0.338 e. The lowest BCUT2D eigenvalue weighted by atomic mass is 10.1. The second kappa shape index (κ2) is 9.51. The van der Waals surface area contributed by atoms with Crippen molar-refractivity contribution in [2.75, 3.05) is 11.9 Å². The summed E-state index contributed by atoms with van der Waals surface area (Å²) >= 11 is 0. The number of carbonyl (C=O) groups is 2. The fourth-order valence-corrected chi connectivity index (χ4v) is 2.64. The van der Waals surface area contributed by atoms with Crippen LogP contribution in [0.15, 0.2) is 65.1 Å². The zero-order valence-corrected chi connectivity index (χ0v) is 16.3. The second-order valence-electron chi connectivity index (χ2n) is 6.49. The van der Waals surface area contributed by atoms with Gasteiger partial charge in [-0.1, -0.05) is 13.3 Å². The summed E-state index contributed by atoms with van der Waals surface area (Å²) < 4.78 is 10.7. The number of rotatable bonds is 8. The Balaban J connectivity index is 1.62. The largest absolute Gasteiger partial charge is 0.462 e. The first-order valence-corrected chi connectivity index (χ1v) is 9.41. The third kappa shape index (κ3) is 5.11. The summed E-state index contributed by atoms with van der Waals surface area (Å²) in [5.74, 6) is -0.354. The molecule has 30 heavy (non-hydrogen) atoms. The Morgan fingerprint density at radius 1 is 1.03 bits per heavy atom. The first-order chi connectivity index (χ1) is 14.5. The Morgan fingerprint density at radius 3 is 2.37 bits per heavy atom. The van der Waals surface area contributed by atoms with Gasteiger partial charge in [-0.25, -0.2) is 4.79 Å². The van der Waals surface area contributed by atoms with Gasteiger partial charge in [0.15, 0.2) is 5.76 Å². The zero-order valence-electron chi connectivity index (χ0n) is 16.3. The summed E-state index contributed by atoms with van der Waals surface area (Å²) in [5.41, 5.74) is 1.49. The molecule has 0 fully saturated rings. The average molecular weight is 408 g/mol. The molecule has 1 amide bonds. The van der Waals surface area contributed by atoms with Gasteiger partial charge in [-0.15, -0.1) is 0 Å². The maximum absolute atomic E-state index is 12.4. The summed E-state index contributed by atoms with van der Waals surface area (Å²) in [5, 5.41) is 13.4. The molecule has 3 aromatic rings. The molecule has 0 spiro atoms. The lowest BCUT2D eigenvalue weighted by Crippen LogP contribution is -2.11. The lowest BCUT2D eigenvalue weighted by Gasteiger charge is -2.06. The minimum Gasteiger partial charge on any atom is -0.462 e. The standard InChI is InChI=1S/C22H20N2O6/c1-2-3-14-29-22(26)16-4-8-17(9-5-16)23-21(25)20-13-12-19(30-20)15-6-10-18(11-7-15)24(27)28/h4-13H,2-3,14H2,1H3,(H,23,25). The Labute approximate surface area is 172 Å². The highest BCUT2D eigenvalue weighted by Gasteiger charge is 2.14. The molecule has 0 unspecified atom stereocenters. The van der Waals surface area contributed by atoms with Crippen LogP contribution in [0.25, 0.3) is 11.3 Å². The number of hydrogen-bond donors (Lipinski definition) is 1. The molecule has 8 nitrogen and oxygen atoms in total. The fraction of sp³-hybridized carbons (Fsp3) is 0.182. The number of nitrogens with one attached hydrogen (secondary N) is 1. The summed E-state index contributed by atoms with van der Waals surface area (Å²) in [6, 6.07) is 15.3. The van der Waals surface area contributed by atoms with Gasteiger partial charge < -0.3 is 14.5 Å². The van der Waals surface area contributed by atoms with E-state index in [4.69, 9.17) is 9.15 Å². The van der Waals surface area contributed by atoms with Crippen LogP contribution in [0.2, 0.25) is 0 Å². The number of furan rings is 1. The number of ether oxygens (including phenoxy) is 1. The highest BCUT2D eigenvalue weighted by atomic mass is 16.6. The fourth-order valence-electron chi connectivity index (χ4n) is 2.64. The van der Waals surface area contributed by atoms with Crippen molar-refractivity contribution in [3.63, 3.8) is 0 Å². The van der Waals surface area contributed by atoms with Crippen molar-refractivity contribution in [2.24, 2.45) is 0 Å². The van der Waals surface area contributed by atoms with Gasteiger partial charge in [-0.05, 0) is 55.0 Å². The molecule has 0 aliphatic rings. The Kier molecular flexibility index (Phi) is 6.59. The van der Waals surface area contributed by atoms with Crippen molar-refractivity contribution in [3.8, 4) is 11.3 Å². The van der Waals surface area contributed by atoms with E-state index >= 15 is 0 Å². The third-order valence-electron chi connectivity index (χ3n) is 4.30. The zero-order chi connectivity index (χ0) is 21.5. The predicted octanol–water partition coefficient (Wildman–Crippen LogP) is 5.06. The van der Waals surface area contributed by atoms with Crippen molar-refractivity contribution >= 4 is 23.3 Å². The van der Waals surface area contributed by atoms with E-state index in [0.29, 0.717) is 29.2 Å². The van der Waals surface area contributed by atoms with Gasteiger partial charge in [0.25, 0.3) is 11.6 Å². The van der Waals surface area contributed by atoms with Crippen LogP contribution in [-0.2, 0) is 4.74 Å². The van der Waals surface area contributed by atoms with E-state index in [1.807, 2.05) is 6.92 Å². The van der Waals surface area contributed by atoms with E-state index in [9.17, 15) is 19.7 Å². The van der Waals surface area contributed by atoms with Gasteiger partial charge in [0.1, 0.15) is 5.76 Å². The Hall–Kier alpha value is -3.94. The molecule has 0 aliphatic heterocycles. The third-order valence-corrected chi connectivity index (χ3v) is 4.30. The molecular formula is C22H20N2O6. The van der Waals surface area contributed by atoms with Gasteiger partial charge in [-0.3, -0.25) is 14.9 Å². The summed E-state index contributed by atoms with van der Waals surface area (Å²) in [6.07, 6.45) is 1.75. The molecule has 0 atom stereocenters. The second-order valence-corrected chi connectivity index (χ2v) is 6.49. The van der Waals surface area contributed by atoms with Crippen LogP contribution in [0, 0.1) is 10.1 Å². The highest BCUT2D eigenvalue weighted by Crippen LogP contribution is 2.25. The number of nitrogens with zero attached hydrogens (tertiary/aromatic N) is 1. The minimum absolute atomic E-state index is 0.0269. The molecule has 0 radical (unpaired) electrons. The van der Waals surface area contributed by atoms with Crippen molar-refractivity contribution in [1.82, 2.24) is 0 Å². The number of anilines is 1. The van der Waals surface area contributed by atoms with Crippen molar-refractivity contribution in [3.05, 3.63) is 82.1 Å². The molecule has 1 N–H and O–H groups in total. The summed E-state index contributed by atoms with van der Waals surface area (Å²) in [6.45, 7) is 2.39. The number of unbranched alkanes of at least 4 members (excludes halogenated alkanes) is 1. The van der Waals surface area contributed by atoms with Crippen molar-refractivity contribution in [1.29, 1.82) is 0 Å². The van der Waals surface area contributed by atoms with E-state index in [0.717, 1.165) is 12.8 Å². The quantitative estimate of drug-likeness (QED) is 0.241. The average Bonchev–Trinajstić information content (AvgIpc) is 3.25. The van der Waals surface area contributed by atoms with Gasteiger partial charge in [0, 0.05) is 23.4 Å². The van der Waals surface area contributed by atoms with Crippen LogP contribution < -0.4 is 5.32 Å². The van der Waals surface area contributed by atoms with E-state index in [1.165, 1.54) is 18.2 Å². The highest BCUT2D eigenvalue weighted by molar-refractivity contribution is 6.02. The maximum atomic E-state index is 12.4. The number of esters is 1. The van der Waals surface area contributed by atoms with E-state index in [2.05, 4.69) is 5.32 Å².